The lowest BCUT2D eigenvalue weighted by molar-refractivity contribution is 0.702. The first-order chi connectivity index (χ1) is 8.93. The molecule has 0 aromatic heterocycles. The third kappa shape index (κ3) is 2.75. The van der Waals surface area contributed by atoms with Gasteiger partial charge >= 0.3 is 0 Å². The van der Waals surface area contributed by atoms with Gasteiger partial charge in [-0.3, -0.25) is 0 Å². The highest BCUT2D eigenvalue weighted by Crippen LogP contribution is 2.33. The van der Waals surface area contributed by atoms with Gasteiger partial charge in [0.1, 0.15) is 0 Å². The second-order valence-corrected chi connectivity index (χ2v) is 7.00. The van der Waals surface area contributed by atoms with Crippen LogP contribution in [-0.2, 0) is 0 Å². The number of rotatable bonds is 2. The van der Waals surface area contributed by atoms with Gasteiger partial charge in [-0.2, -0.15) is 0 Å². The van der Waals surface area contributed by atoms with E-state index in [4.69, 9.17) is 0 Å². The van der Waals surface area contributed by atoms with Gasteiger partial charge in [-0.1, -0.05) is 76.7 Å². The van der Waals surface area contributed by atoms with Crippen LogP contribution in [0.2, 0.25) is 0 Å². The quantitative estimate of drug-likeness (QED) is 0.531. The Morgan fingerprint density at radius 2 is 1.50 bits per heavy atom. The summed E-state index contributed by atoms with van der Waals surface area (Å²) in [4.78, 5) is 0. The topological polar surface area (TPSA) is 0 Å². The smallest absolute Gasteiger partial charge is 0.0110 e. The summed E-state index contributed by atoms with van der Waals surface area (Å²) >= 11 is 0. The third-order valence-electron chi connectivity index (χ3n) is 4.00. The minimum absolute atomic E-state index is 0.943. The molecule has 18 heavy (non-hydrogen) atoms. The van der Waals surface area contributed by atoms with Gasteiger partial charge in [0, 0.05) is 0 Å². The SMILES string of the molecule is c1ccc2c(PC3CCCCCC3)cccc2c1. The standard InChI is InChI=1S/C17H21P/c1-2-4-11-15(10-3-1)18-17-13-7-9-14-8-5-6-12-16(14)17/h5-9,12-13,15,18H,1-4,10-11H2. The van der Waals surface area contributed by atoms with Gasteiger partial charge in [0.15, 0.2) is 0 Å². The van der Waals surface area contributed by atoms with E-state index in [-0.39, 0.29) is 0 Å². The molecule has 94 valence electrons. The molecule has 1 unspecified atom stereocenters. The number of hydrogen-bond acceptors (Lipinski definition) is 0. The molecule has 0 nitrogen and oxygen atoms in total. The highest BCUT2D eigenvalue weighted by atomic mass is 31.1. The Kier molecular flexibility index (Phi) is 3.96. The van der Waals surface area contributed by atoms with Crippen LogP contribution < -0.4 is 5.30 Å². The van der Waals surface area contributed by atoms with Gasteiger partial charge in [0.05, 0.1) is 0 Å². The summed E-state index contributed by atoms with van der Waals surface area (Å²) in [6.45, 7) is 0. The average Bonchev–Trinajstić information content (AvgIpc) is 2.68. The Morgan fingerprint density at radius 3 is 2.33 bits per heavy atom. The van der Waals surface area contributed by atoms with Crippen molar-refractivity contribution < 1.29 is 0 Å². The molecule has 1 saturated carbocycles. The van der Waals surface area contributed by atoms with Crippen LogP contribution in [0.4, 0.5) is 0 Å². The summed E-state index contributed by atoms with van der Waals surface area (Å²) in [6, 6.07) is 15.6. The maximum Gasteiger partial charge on any atom is -0.0110 e. The molecular weight excluding hydrogens is 235 g/mol. The highest BCUT2D eigenvalue weighted by Gasteiger charge is 2.13. The normalized spacial score (nSPS) is 18.4. The van der Waals surface area contributed by atoms with E-state index >= 15 is 0 Å². The van der Waals surface area contributed by atoms with E-state index in [1.807, 2.05) is 0 Å². The van der Waals surface area contributed by atoms with Crippen LogP contribution in [0.3, 0.4) is 0 Å². The lowest BCUT2D eigenvalue weighted by Gasteiger charge is -2.15. The summed E-state index contributed by atoms with van der Waals surface area (Å²) < 4.78 is 0. The molecule has 1 aliphatic rings. The van der Waals surface area contributed by atoms with Gasteiger partial charge in [-0.15, -0.1) is 0 Å². The van der Waals surface area contributed by atoms with E-state index in [1.54, 1.807) is 5.30 Å². The molecule has 0 bridgehead atoms. The van der Waals surface area contributed by atoms with E-state index < -0.39 is 0 Å². The van der Waals surface area contributed by atoms with Crippen LogP contribution in [0.25, 0.3) is 10.8 Å². The molecule has 2 aromatic rings. The minimum atomic E-state index is 0.943. The van der Waals surface area contributed by atoms with Crippen molar-refractivity contribution in [1.82, 2.24) is 0 Å². The van der Waals surface area contributed by atoms with Crippen LogP contribution in [0.5, 0.6) is 0 Å². The molecule has 0 spiro atoms. The summed E-state index contributed by atoms with van der Waals surface area (Å²) in [5, 5.41) is 4.46. The Morgan fingerprint density at radius 1 is 0.778 bits per heavy atom. The van der Waals surface area contributed by atoms with Crippen molar-refractivity contribution in [3.8, 4) is 0 Å². The lowest BCUT2D eigenvalue weighted by atomic mass is 10.1. The van der Waals surface area contributed by atoms with Crippen molar-refractivity contribution in [1.29, 1.82) is 0 Å². The number of fused-ring (bicyclic) bond motifs is 1. The molecule has 0 saturated heterocycles. The average molecular weight is 256 g/mol. The minimum Gasteiger partial charge on any atom is -0.0865 e. The van der Waals surface area contributed by atoms with Gasteiger partial charge in [-0.05, 0) is 34.6 Å². The summed E-state index contributed by atoms with van der Waals surface area (Å²) in [5.41, 5.74) is 0.943. The van der Waals surface area contributed by atoms with Gasteiger partial charge < -0.3 is 0 Å². The fraction of sp³-hybridized carbons (Fsp3) is 0.412. The van der Waals surface area contributed by atoms with E-state index in [1.165, 1.54) is 49.3 Å². The Labute approximate surface area is 112 Å². The Balaban J connectivity index is 1.85. The Bertz CT molecular complexity index is 505. The molecule has 0 N–H and O–H groups in total. The van der Waals surface area contributed by atoms with Crippen molar-refractivity contribution >= 4 is 24.7 Å². The van der Waals surface area contributed by atoms with Crippen LogP contribution in [0.1, 0.15) is 38.5 Å². The predicted octanol–water partition coefficient (Wildman–Crippen LogP) is 4.87. The molecule has 1 fully saturated rings. The first-order valence-electron chi connectivity index (χ1n) is 7.18. The molecule has 3 rings (SSSR count). The molecule has 2 aromatic carbocycles. The van der Waals surface area contributed by atoms with E-state index in [0.29, 0.717) is 0 Å². The zero-order valence-electron chi connectivity index (χ0n) is 10.9. The highest BCUT2D eigenvalue weighted by molar-refractivity contribution is 7.48. The van der Waals surface area contributed by atoms with Crippen LogP contribution >= 0.6 is 8.58 Å². The summed E-state index contributed by atoms with van der Waals surface area (Å²) in [5.74, 6) is 0. The lowest BCUT2D eigenvalue weighted by Crippen LogP contribution is -2.06. The monoisotopic (exact) mass is 256 g/mol. The van der Waals surface area contributed by atoms with Gasteiger partial charge in [-0.25, -0.2) is 0 Å². The first-order valence-corrected chi connectivity index (χ1v) is 8.25. The molecule has 1 aliphatic carbocycles. The first kappa shape index (κ1) is 12.2. The van der Waals surface area contributed by atoms with Gasteiger partial charge in [0.25, 0.3) is 0 Å². The maximum atomic E-state index is 2.34. The second-order valence-electron chi connectivity index (χ2n) is 5.36. The third-order valence-corrected chi connectivity index (χ3v) is 5.74. The largest absolute Gasteiger partial charge is 0.0865 e. The fourth-order valence-electron chi connectivity index (χ4n) is 2.99. The van der Waals surface area contributed by atoms with Crippen molar-refractivity contribution in [3.63, 3.8) is 0 Å². The summed E-state index contributed by atoms with van der Waals surface area (Å²) in [7, 11) is 1.00. The molecule has 1 atom stereocenters. The molecule has 0 amide bonds. The molecule has 1 heteroatoms. The molecule has 0 radical (unpaired) electrons. The molecular formula is C17H21P. The summed E-state index contributed by atoms with van der Waals surface area (Å²) in [6.07, 6.45) is 8.70. The van der Waals surface area contributed by atoms with Crippen molar-refractivity contribution in [2.24, 2.45) is 0 Å². The van der Waals surface area contributed by atoms with Crippen LogP contribution in [0, 0.1) is 0 Å². The van der Waals surface area contributed by atoms with E-state index in [2.05, 4.69) is 42.5 Å². The van der Waals surface area contributed by atoms with E-state index in [0.717, 1.165) is 14.2 Å². The second kappa shape index (κ2) is 5.85. The predicted molar refractivity (Wildman–Crippen MR) is 83.4 cm³/mol. The zero-order valence-corrected chi connectivity index (χ0v) is 11.9. The number of benzene rings is 2. The van der Waals surface area contributed by atoms with Crippen molar-refractivity contribution in [2.45, 2.75) is 44.2 Å². The Hall–Kier alpha value is -0.870. The van der Waals surface area contributed by atoms with Gasteiger partial charge in [0.2, 0.25) is 0 Å². The van der Waals surface area contributed by atoms with Crippen LogP contribution in [0.15, 0.2) is 42.5 Å². The molecule has 0 heterocycles. The van der Waals surface area contributed by atoms with Crippen LogP contribution in [-0.4, -0.2) is 5.66 Å². The van der Waals surface area contributed by atoms with E-state index in [9.17, 15) is 0 Å². The fourth-order valence-corrected chi connectivity index (χ4v) is 4.71. The number of hydrogen-bond donors (Lipinski definition) is 0. The molecule has 0 aliphatic heterocycles. The van der Waals surface area contributed by atoms with Crippen molar-refractivity contribution in [2.75, 3.05) is 0 Å². The zero-order chi connectivity index (χ0) is 12.2. The maximum absolute atomic E-state index is 2.34. The van der Waals surface area contributed by atoms with Crippen molar-refractivity contribution in [3.05, 3.63) is 42.5 Å².